The molecule has 14 heteroatoms. The van der Waals surface area contributed by atoms with Crippen LogP contribution in [0, 0.1) is 0 Å². The molecule has 6 unspecified atom stereocenters. The molecule has 0 bridgehead atoms. The molecule has 1 fully saturated rings. The summed E-state index contributed by atoms with van der Waals surface area (Å²) in [6.45, 7) is 3.16. The third-order valence-electron chi connectivity index (χ3n) is 10.7. The predicted molar refractivity (Wildman–Crippen MR) is 239 cm³/mol. The maximum atomic E-state index is 12.8. The molecule has 1 rings (SSSR count). The van der Waals surface area contributed by atoms with Crippen LogP contribution in [0.2, 0.25) is 0 Å². The van der Waals surface area contributed by atoms with Crippen molar-refractivity contribution in [3.63, 3.8) is 0 Å². The number of allylic oxidation sites excluding steroid dienone is 8. The van der Waals surface area contributed by atoms with Crippen molar-refractivity contribution < 1.29 is 63.1 Å². The summed E-state index contributed by atoms with van der Waals surface area (Å²) in [5, 5.41) is 50.1. The van der Waals surface area contributed by atoms with E-state index in [0.29, 0.717) is 12.8 Å². The Morgan fingerprint density at radius 2 is 0.934 bits per heavy atom. The molecule has 0 aliphatic heterocycles. The van der Waals surface area contributed by atoms with Crippen LogP contribution >= 0.6 is 7.82 Å². The number of unbranched alkanes of at least 4 members (excludes halogenated alkanes) is 18. The van der Waals surface area contributed by atoms with Gasteiger partial charge in [-0.25, -0.2) is 4.57 Å². The van der Waals surface area contributed by atoms with Gasteiger partial charge in [0.25, 0.3) is 0 Å². The Labute approximate surface area is 367 Å². The van der Waals surface area contributed by atoms with Gasteiger partial charge in [-0.15, -0.1) is 0 Å². The molecule has 0 heterocycles. The van der Waals surface area contributed by atoms with Crippen molar-refractivity contribution in [3.8, 4) is 0 Å². The largest absolute Gasteiger partial charge is 0.472 e. The maximum absolute atomic E-state index is 12.8. The summed E-state index contributed by atoms with van der Waals surface area (Å²) in [6, 6.07) is 0. The zero-order valence-electron chi connectivity index (χ0n) is 37.4. The first-order chi connectivity index (χ1) is 29.4. The highest BCUT2D eigenvalue weighted by Crippen LogP contribution is 2.47. The Morgan fingerprint density at radius 1 is 0.525 bits per heavy atom. The number of hydrogen-bond acceptors (Lipinski definition) is 12. The molecule has 1 aliphatic carbocycles. The van der Waals surface area contributed by atoms with Crippen LogP contribution in [0.5, 0.6) is 0 Å². The van der Waals surface area contributed by atoms with Gasteiger partial charge in [0.05, 0.1) is 6.61 Å². The fraction of sp³-hybridized carbons (Fsp3) is 0.787. The maximum Gasteiger partial charge on any atom is 0.472 e. The molecule has 354 valence electrons. The molecule has 0 amide bonds. The third kappa shape index (κ3) is 29.7. The minimum Gasteiger partial charge on any atom is -0.462 e. The minimum absolute atomic E-state index is 0.0753. The average molecular weight is 887 g/mol. The van der Waals surface area contributed by atoms with Crippen molar-refractivity contribution in [2.24, 2.45) is 0 Å². The summed E-state index contributed by atoms with van der Waals surface area (Å²) in [7, 11) is -5.12. The molecule has 0 aromatic heterocycles. The molecule has 8 atom stereocenters. The number of aliphatic hydroxyl groups is 5. The second kappa shape index (κ2) is 37.2. The predicted octanol–water partition coefficient (Wildman–Crippen LogP) is 9.17. The number of aliphatic hydroxyl groups excluding tert-OH is 5. The van der Waals surface area contributed by atoms with Gasteiger partial charge in [-0.05, 0) is 70.6 Å². The first kappa shape index (κ1) is 56.8. The van der Waals surface area contributed by atoms with Gasteiger partial charge in [-0.1, -0.05) is 146 Å². The van der Waals surface area contributed by atoms with Crippen molar-refractivity contribution in [2.45, 2.75) is 224 Å². The first-order valence-corrected chi connectivity index (χ1v) is 24.9. The van der Waals surface area contributed by atoms with E-state index >= 15 is 0 Å². The number of rotatable bonds is 38. The van der Waals surface area contributed by atoms with Gasteiger partial charge in [0, 0.05) is 12.8 Å². The van der Waals surface area contributed by atoms with Gasteiger partial charge in [0.1, 0.15) is 43.2 Å². The van der Waals surface area contributed by atoms with Crippen molar-refractivity contribution in [2.75, 3.05) is 13.2 Å². The van der Waals surface area contributed by atoms with Crippen LogP contribution in [0.4, 0.5) is 0 Å². The highest BCUT2D eigenvalue weighted by atomic mass is 31.2. The van der Waals surface area contributed by atoms with E-state index in [1.807, 2.05) is 0 Å². The van der Waals surface area contributed by atoms with Crippen LogP contribution in [0.25, 0.3) is 0 Å². The van der Waals surface area contributed by atoms with Crippen molar-refractivity contribution in [1.29, 1.82) is 0 Å². The molecule has 0 spiro atoms. The Morgan fingerprint density at radius 3 is 1.44 bits per heavy atom. The summed E-state index contributed by atoms with van der Waals surface area (Å²) in [5.74, 6) is -1.12. The monoisotopic (exact) mass is 887 g/mol. The number of carbonyl (C=O) groups excluding carboxylic acids is 2. The van der Waals surface area contributed by atoms with Crippen LogP contribution in [0.1, 0.15) is 181 Å². The normalized spacial score (nSPS) is 22.4. The molecule has 6 N–H and O–H groups in total. The summed E-state index contributed by atoms with van der Waals surface area (Å²) >= 11 is 0. The Bertz CT molecular complexity index is 1250. The van der Waals surface area contributed by atoms with E-state index in [1.165, 1.54) is 57.8 Å². The van der Waals surface area contributed by atoms with Crippen molar-refractivity contribution >= 4 is 19.8 Å². The number of carbonyl (C=O) groups is 2. The Hall–Kier alpha value is -2.19. The second-order valence-corrected chi connectivity index (χ2v) is 17.6. The van der Waals surface area contributed by atoms with Crippen molar-refractivity contribution in [1.82, 2.24) is 0 Å². The summed E-state index contributed by atoms with van der Waals surface area (Å²) < 4.78 is 33.5. The molecule has 0 aromatic carbocycles. The van der Waals surface area contributed by atoms with Crippen LogP contribution in [-0.4, -0.2) is 98.3 Å². The second-order valence-electron chi connectivity index (χ2n) is 16.2. The topological polar surface area (TPSA) is 210 Å². The highest BCUT2D eigenvalue weighted by Gasteiger charge is 2.51. The van der Waals surface area contributed by atoms with Crippen LogP contribution in [0.15, 0.2) is 48.6 Å². The average Bonchev–Trinajstić information content (AvgIpc) is 3.24. The molecule has 1 aliphatic rings. The molecule has 1 saturated carbocycles. The van der Waals surface area contributed by atoms with Gasteiger partial charge in [-0.2, -0.15) is 0 Å². The Kier molecular flexibility index (Phi) is 34.7. The highest BCUT2D eigenvalue weighted by molar-refractivity contribution is 7.47. The van der Waals surface area contributed by atoms with Crippen molar-refractivity contribution in [3.05, 3.63) is 48.6 Å². The van der Waals surface area contributed by atoms with Gasteiger partial charge < -0.3 is 39.9 Å². The lowest BCUT2D eigenvalue weighted by molar-refractivity contribution is -0.220. The lowest BCUT2D eigenvalue weighted by Gasteiger charge is -2.41. The molecule has 61 heavy (non-hydrogen) atoms. The quantitative estimate of drug-likeness (QED) is 0.0148. The standard InChI is InChI=1S/C47H83O13P/c1-3-5-7-9-11-13-15-17-19-20-22-23-25-27-29-31-33-35-40(48)57-37-39(38-58-61(55,56)60-47-45(53)43(51)42(50)44(52)46(47)54)59-41(49)36-34-32-30-28-26-24-21-18-16-14-12-10-8-6-4-2/h6,8,12,14,17-19,21,39,42-47,50-54H,3-5,7,9-11,13,15-16,20,22-38H2,1-2H3,(H,55,56)/b8-6-,14-12-,19-17-,21-18-/t39-,42?,43-,44?,45?,46?,47?/m1/s1. The number of phosphoric ester groups is 1. The van der Waals surface area contributed by atoms with Gasteiger partial charge in [0.15, 0.2) is 6.10 Å². The van der Waals surface area contributed by atoms with Gasteiger partial charge >= 0.3 is 19.8 Å². The fourth-order valence-corrected chi connectivity index (χ4v) is 7.86. The Balaban J connectivity index is 2.46. The third-order valence-corrected chi connectivity index (χ3v) is 11.6. The van der Waals surface area contributed by atoms with E-state index in [-0.39, 0.29) is 12.8 Å². The van der Waals surface area contributed by atoms with E-state index in [1.54, 1.807) is 0 Å². The van der Waals surface area contributed by atoms with E-state index < -0.39 is 75.7 Å². The van der Waals surface area contributed by atoms with Crippen LogP contribution in [-0.2, 0) is 32.7 Å². The molecular weight excluding hydrogens is 803 g/mol. The van der Waals surface area contributed by atoms with E-state index in [0.717, 1.165) is 83.5 Å². The minimum atomic E-state index is -5.12. The zero-order chi connectivity index (χ0) is 45.0. The molecule has 0 saturated heterocycles. The molecular formula is C47H83O13P. The SMILES string of the molecule is CC/C=C\C/C=C\C/C=C\CCCCCCCC(=O)O[C@H](COC(=O)CCCCCCCCC/C=C\CCCCCCCC)COP(=O)(O)OC1C(O)C(O)C(O)[C@@H](O)C1O. The lowest BCUT2D eigenvalue weighted by atomic mass is 9.85. The number of hydrogen-bond donors (Lipinski definition) is 6. The molecule has 0 aromatic rings. The number of esters is 2. The zero-order valence-corrected chi connectivity index (χ0v) is 38.3. The van der Waals surface area contributed by atoms with Gasteiger partial charge in [0.2, 0.25) is 0 Å². The lowest BCUT2D eigenvalue weighted by Crippen LogP contribution is -2.64. The first-order valence-electron chi connectivity index (χ1n) is 23.4. The van der Waals surface area contributed by atoms with Crippen LogP contribution < -0.4 is 0 Å². The van der Waals surface area contributed by atoms with Gasteiger partial charge in [-0.3, -0.25) is 18.6 Å². The number of phosphoric acid groups is 1. The summed E-state index contributed by atoms with van der Waals surface area (Å²) in [4.78, 5) is 35.7. The molecule has 0 radical (unpaired) electrons. The molecule has 13 nitrogen and oxygen atoms in total. The van der Waals surface area contributed by atoms with E-state index in [9.17, 15) is 44.6 Å². The summed E-state index contributed by atoms with van der Waals surface area (Å²) in [6.07, 6.45) is 30.2. The number of ether oxygens (including phenoxy) is 2. The van der Waals surface area contributed by atoms with Crippen LogP contribution in [0.3, 0.4) is 0 Å². The fourth-order valence-electron chi connectivity index (χ4n) is 6.88. The summed E-state index contributed by atoms with van der Waals surface area (Å²) in [5.41, 5.74) is 0. The van der Waals surface area contributed by atoms with E-state index in [2.05, 4.69) is 62.5 Å². The smallest absolute Gasteiger partial charge is 0.462 e. The van der Waals surface area contributed by atoms with E-state index in [4.69, 9.17) is 18.5 Å².